The van der Waals surface area contributed by atoms with E-state index in [1.54, 1.807) is 7.05 Å². The van der Waals surface area contributed by atoms with Gasteiger partial charge in [0, 0.05) is 25.2 Å². The predicted octanol–water partition coefficient (Wildman–Crippen LogP) is 4.44. The number of benzene rings is 1. The first kappa shape index (κ1) is 27.1. The Kier molecular flexibility index (Phi) is 9.83. The number of fused-ring (bicyclic) bond motifs is 1. The van der Waals surface area contributed by atoms with E-state index < -0.39 is 6.04 Å². The minimum absolute atomic E-state index is 0.0655. The summed E-state index contributed by atoms with van der Waals surface area (Å²) in [4.78, 5) is 31.8. The zero-order valence-electron chi connectivity index (χ0n) is 22.8. The Morgan fingerprint density at radius 3 is 2.61 bits per heavy atom. The van der Waals surface area contributed by atoms with Crippen molar-refractivity contribution in [1.29, 1.82) is 0 Å². The average molecular weight is 497 g/mol. The molecule has 200 valence electrons. The number of carbonyl (C=O) groups excluding carboxylic acids is 2. The van der Waals surface area contributed by atoms with Crippen LogP contribution in [0.25, 0.3) is 0 Å². The summed E-state index contributed by atoms with van der Waals surface area (Å²) >= 11 is 0. The van der Waals surface area contributed by atoms with E-state index in [0.717, 1.165) is 64.6 Å². The highest BCUT2D eigenvalue weighted by Crippen LogP contribution is 2.37. The number of nitrogens with zero attached hydrogens (tertiary/aromatic N) is 2. The van der Waals surface area contributed by atoms with Gasteiger partial charge in [0.1, 0.15) is 6.04 Å². The molecule has 1 unspecified atom stereocenters. The van der Waals surface area contributed by atoms with Crippen molar-refractivity contribution in [1.82, 2.24) is 20.4 Å². The molecule has 2 fully saturated rings. The lowest BCUT2D eigenvalue weighted by molar-refractivity contribution is -0.139. The van der Waals surface area contributed by atoms with Gasteiger partial charge in [-0.05, 0) is 82.5 Å². The number of hydrogen-bond acceptors (Lipinski definition) is 4. The van der Waals surface area contributed by atoms with E-state index >= 15 is 0 Å². The quantitative estimate of drug-likeness (QED) is 0.475. The van der Waals surface area contributed by atoms with E-state index in [1.807, 2.05) is 6.92 Å². The van der Waals surface area contributed by atoms with Crippen LogP contribution in [0.4, 0.5) is 0 Å². The normalized spacial score (nSPS) is 24.1. The third kappa shape index (κ3) is 6.31. The van der Waals surface area contributed by atoms with Gasteiger partial charge >= 0.3 is 0 Å². The topological polar surface area (TPSA) is 64.7 Å². The first-order chi connectivity index (χ1) is 17.5. The molecule has 1 saturated carbocycles. The number of carbonyl (C=O) groups is 2. The van der Waals surface area contributed by atoms with Crippen LogP contribution in [0.3, 0.4) is 0 Å². The van der Waals surface area contributed by atoms with Crippen molar-refractivity contribution >= 4 is 11.8 Å². The Balaban J connectivity index is 1.50. The van der Waals surface area contributed by atoms with Crippen LogP contribution in [-0.4, -0.2) is 66.4 Å². The molecule has 0 bridgehead atoms. The molecular formula is C30H48N4O2. The molecule has 0 spiro atoms. The number of likely N-dealkylation sites (N-methyl/N-ethyl adjacent to an activating group) is 1. The molecule has 0 radical (unpaired) electrons. The van der Waals surface area contributed by atoms with Crippen molar-refractivity contribution in [2.75, 3.05) is 26.7 Å². The van der Waals surface area contributed by atoms with Gasteiger partial charge in [0.05, 0.1) is 6.04 Å². The largest absolute Gasteiger partial charge is 0.343 e. The molecule has 4 atom stereocenters. The van der Waals surface area contributed by atoms with Gasteiger partial charge in [0.2, 0.25) is 11.8 Å². The monoisotopic (exact) mass is 496 g/mol. The lowest BCUT2D eigenvalue weighted by Gasteiger charge is -2.38. The van der Waals surface area contributed by atoms with Gasteiger partial charge in [-0.2, -0.15) is 0 Å². The molecule has 1 aromatic rings. The summed E-state index contributed by atoms with van der Waals surface area (Å²) in [7, 11) is 1.80. The summed E-state index contributed by atoms with van der Waals surface area (Å²) < 4.78 is 0. The number of hydrogen-bond donors (Lipinski definition) is 2. The molecule has 4 rings (SSSR count). The van der Waals surface area contributed by atoms with E-state index in [-0.39, 0.29) is 29.8 Å². The molecule has 3 aliphatic rings. The Bertz CT molecular complexity index is 868. The maximum atomic E-state index is 14.1. The van der Waals surface area contributed by atoms with Gasteiger partial charge in [-0.3, -0.25) is 14.5 Å². The molecule has 2 amide bonds. The maximum absolute atomic E-state index is 14.1. The van der Waals surface area contributed by atoms with Crippen molar-refractivity contribution in [2.24, 2.45) is 5.92 Å². The summed E-state index contributed by atoms with van der Waals surface area (Å²) in [5, 5.41) is 6.22. The van der Waals surface area contributed by atoms with Crippen LogP contribution in [0.1, 0.15) is 95.2 Å². The van der Waals surface area contributed by atoms with E-state index in [2.05, 4.69) is 51.6 Å². The number of rotatable bonds is 11. The van der Waals surface area contributed by atoms with Crippen molar-refractivity contribution in [2.45, 2.75) is 109 Å². The number of likely N-dealkylation sites (tertiary alicyclic amines) is 1. The molecule has 6 heteroatoms. The lowest BCUT2D eigenvalue weighted by atomic mass is 9.83. The molecule has 1 heterocycles. The third-order valence-electron chi connectivity index (χ3n) is 8.96. The zero-order valence-corrected chi connectivity index (χ0v) is 22.8. The van der Waals surface area contributed by atoms with E-state index in [4.69, 9.17) is 0 Å². The van der Waals surface area contributed by atoms with E-state index in [0.29, 0.717) is 6.04 Å². The molecule has 36 heavy (non-hydrogen) atoms. The Morgan fingerprint density at radius 1 is 1.08 bits per heavy atom. The Morgan fingerprint density at radius 2 is 1.86 bits per heavy atom. The van der Waals surface area contributed by atoms with Crippen molar-refractivity contribution in [3.05, 3.63) is 35.4 Å². The second-order valence-corrected chi connectivity index (χ2v) is 11.3. The van der Waals surface area contributed by atoms with Crippen LogP contribution in [0.15, 0.2) is 24.3 Å². The second kappa shape index (κ2) is 13.0. The summed E-state index contributed by atoms with van der Waals surface area (Å²) in [5.74, 6) is 0.339. The molecular weight excluding hydrogens is 448 g/mol. The van der Waals surface area contributed by atoms with Crippen molar-refractivity contribution < 1.29 is 9.59 Å². The first-order valence-electron chi connectivity index (χ1n) is 14.6. The molecule has 6 nitrogen and oxygen atoms in total. The zero-order chi connectivity index (χ0) is 25.5. The second-order valence-electron chi connectivity index (χ2n) is 11.3. The van der Waals surface area contributed by atoms with Gasteiger partial charge in [0.25, 0.3) is 0 Å². The lowest BCUT2D eigenvalue weighted by Crippen LogP contribution is -2.57. The fraction of sp³-hybridized carbons (Fsp3) is 0.733. The van der Waals surface area contributed by atoms with Gasteiger partial charge in [-0.1, -0.05) is 56.9 Å². The minimum atomic E-state index is -0.398. The summed E-state index contributed by atoms with van der Waals surface area (Å²) in [6, 6.07) is 8.90. The molecule has 2 N–H and O–H groups in total. The predicted molar refractivity (Wildman–Crippen MR) is 146 cm³/mol. The molecule has 1 aromatic carbocycles. The van der Waals surface area contributed by atoms with Crippen LogP contribution in [0, 0.1) is 5.92 Å². The maximum Gasteiger partial charge on any atom is 0.245 e. The minimum Gasteiger partial charge on any atom is -0.343 e. The standard InChI is InChI=1S/C30H48N4O2/c1-4-5-19-33(27-18-17-23-12-9-10-16-26(23)27)21-25-15-11-20-34(25)30(36)28(24-13-7-6-8-14-24)32-29(35)22(2)31-3/h9-10,12,16,22,24-25,27-28,31H,4-8,11,13-15,17-21H2,1-3H3,(H,32,35)/t22-,25-,27?,28-/m0/s1. The Hall–Kier alpha value is -1.92. The smallest absolute Gasteiger partial charge is 0.245 e. The van der Waals surface area contributed by atoms with Gasteiger partial charge in [0.15, 0.2) is 0 Å². The number of amides is 2. The molecule has 1 aliphatic heterocycles. The number of aryl methyl sites for hydroxylation is 1. The van der Waals surface area contributed by atoms with Crippen LogP contribution < -0.4 is 10.6 Å². The SMILES string of the molecule is CCCCN(C[C@@H]1CCCN1C(=O)[C@@H](NC(=O)[C@H](C)NC)C1CCCCC1)C1CCc2ccccc21. The molecule has 0 aromatic heterocycles. The highest BCUT2D eigenvalue weighted by molar-refractivity contribution is 5.90. The Labute approximate surface area is 218 Å². The van der Waals surface area contributed by atoms with Crippen molar-refractivity contribution in [3.63, 3.8) is 0 Å². The summed E-state index contributed by atoms with van der Waals surface area (Å²) in [6.07, 6.45) is 12.4. The first-order valence-corrected chi connectivity index (χ1v) is 14.6. The van der Waals surface area contributed by atoms with E-state index in [1.165, 1.54) is 36.8 Å². The summed E-state index contributed by atoms with van der Waals surface area (Å²) in [5.41, 5.74) is 2.97. The average Bonchev–Trinajstić information content (AvgIpc) is 3.56. The van der Waals surface area contributed by atoms with Gasteiger partial charge < -0.3 is 15.5 Å². The highest BCUT2D eigenvalue weighted by atomic mass is 16.2. The van der Waals surface area contributed by atoms with Crippen LogP contribution in [0.2, 0.25) is 0 Å². The van der Waals surface area contributed by atoms with E-state index in [9.17, 15) is 9.59 Å². The van der Waals surface area contributed by atoms with Crippen LogP contribution in [0.5, 0.6) is 0 Å². The third-order valence-corrected chi connectivity index (χ3v) is 8.96. The van der Waals surface area contributed by atoms with Crippen LogP contribution in [-0.2, 0) is 16.0 Å². The molecule has 2 aliphatic carbocycles. The fourth-order valence-corrected chi connectivity index (χ4v) is 6.67. The fourth-order valence-electron chi connectivity index (χ4n) is 6.67. The van der Waals surface area contributed by atoms with Gasteiger partial charge in [-0.15, -0.1) is 0 Å². The van der Waals surface area contributed by atoms with Gasteiger partial charge in [-0.25, -0.2) is 0 Å². The number of nitrogens with one attached hydrogen (secondary N) is 2. The van der Waals surface area contributed by atoms with Crippen molar-refractivity contribution in [3.8, 4) is 0 Å². The highest BCUT2D eigenvalue weighted by Gasteiger charge is 2.40. The molecule has 1 saturated heterocycles. The van der Waals surface area contributed by atoms with Crippen LogP contribution >= 0.6 is 0 Å². The number of unbranched alkanes of at least 4 members (excludes halogenated alkanes) is 1. The summed E-state index contributed by atoms with van der Waals surface area (Å²) in [6.45, 7) is 6.95.